The molecule has 0 radical (unpaired) electrons. The molecule has 0 saturated carbocycles. The Morgan fingerprint density at radius 3 is 2.57 bits per heavy atom. The molecule has 1 aliphatic rings. The second-order valence-corrected chi connectivity index (χ2v) is 4.28. The Morgan fingerprint density at radius 1 is 1.57 bits per heavy atom. The summed E-state index contributed by atoms with van der Waals surface area (Å²) in [6, 6.07) is 0. The quantitative estimate of drug-likeness (QED) is 0.544. The maximum atomic E-state index is 11.5. The van der Waals surface area contributed by atoms with Gasteiger partial charge in [0.15, 0.2) is 11.1 Å². The number of hydrogen-bond acceptors (Lipinski definition) is 4. The first-order chi connectivity index (χ1) is 6.60. The average molecular weight is 222 g/mol. The van der Waals surface area contributed by atoms with Gasteiger partial charge >= 0.3 is 5.97 Å². The van der Waals surface area contributed by atoms with Crippen LogP contribution < -0.4 is 0 Å². The van der Waals surface area contributed by atoms with Crippen LogP contribution in [0.2, 0.25) is 0 Å². The first kappa shape index (κ1) is 11.6. The molecule has 0 bridgehead atoms. The van der Waals surface area contributed by atoms with Crippen molar-refractivity contribution in [2.24, 2.45) is 5.41 Å². The van der Waals surface area contributed by atoms with E-state index in [4.69, 9.17) is 9.29 Å². The minimum atomic E-state index is -1.98. The van der Waals surface area contributed by atoms with Gasteiger partial charge in [-0.1, -0.05) is 0 Å². The molecule has 0 aromatic heterocycles. The van der Waals surface area contributed by atoms with Crippen molar-refractivity contribution >= 4 is 17.0 Å². The topological polar surface area (TPSA) is 72.8 Å². The van der Waals surface area contributed by atoms with Crippen molar-refractivity contribution in [1.82, 2.24) is 0 Å². The van der Waals surface area contributed by atoms with Crippen molar-refractivity contribution in [3.05, 3.63) is 0 Å². The fourth-order valence-corrected chi connectivity index (χ4v) is 2.50. The number of methoxy groups -OCH3 is 1. The van der Waals surface area contributed by atoms with Gasteiger partial charge in [0, 0.05) is 13.2 Å². The number of carbonyl (C=O) groups is 1. The van der Waals surface area contributed by atoms with Crippen LogP contribution in [0.4, 0.5) is 0 Å². The summed E-state index contributed by atoms with van der Waals surface area (Å²) in [5, 5.41) is 0. The van der Waals surface area contributed by atoms with Crippen LogP contribution >= 0.6 is 0 Å². The summed E-state index contributed by atoms with van der Waals surface area (Å²) in [6.07, 6.45) is 0.901. The van der Waals surface area contributed by atoms with Crippen molar-refractivity contribution in [2.75, 3.05) is 26.1 Å². The summed E-state index contributed by atoms with van der Waals surface area (Å²) < 4.78 is 29.4. The van der Waals surface area contributed by atoms with Crippen molar-refractivity contribution < 1.29 is 23.0 Å². The maximum absolute atomic E-state index is 11.5. The highest BCUT2D eigenvalue weighted by Crippen LogP contribution is 2.32. The minimum absolute atomic E-state index is 0.0664. The van der Waals surface area contributed by atoms with Crippen LogP contribution in [0.15, 0.2) is 0 Å². The molecule has 1 rings (SSSR count). The lowest BCUT2D eigenvalue weighted by atomic mass is 9.82. The van der Waals surface area contributed by atoms with E-state index in [1.165, 1.54) is 7.11 Å². The molecule has 0 aliphatic carbocycles. The van der Waals surface area contributed by atoms with E-state index in [0.29, 0.717) is 26.1 Å². The zero-order chi connectivity index (χ0) is 10.6. The van der Waals surface area contributed by atoms with Crippen LogP contribution in [-0.4, -0.2) is 40.8 Å². The van der Waals surface area contributed by atoms with Gasteiger partial charge in [-0.25, -0.2) is 4.21 Å². The third kappa shape index (κ3) is 2.52. The third-order valence-corrected chi connectivity index (χ3v) is 3.27. The third-order valence-electron chi connectivity index (χ3n) is 2.47. The molecule has 0 aromatic carbocycles. The molecule has 1 N–H and O–H groups in total. The van der Waals surface area contributed by atoms with E-state index in [-0.39, 0.29) is 5.75 Å². The summed E-state index contributed by atoms with van der Waals surface area (Å²) in [5.74, 6) is -0.480. The smallest absolute Gasteiger partial charge is 0.313 e. The summed E-state index contributed by atoms with van der Waals surface area (Å²) in [6.45, 7) is 0.874. The maximum Gasteiger partial charge on any atom is 0.313 e. The second-order valence-electron chi connectivity index (χ2n) is 3.35. The van der Waals surface area contributed by atoms with Crippen molar-refractivity contribution in [2.45, 2.75) is 12.8 Å². The summed E-state index contributed by atoms with van der Waals surface area (Å²) in [4.78, 5) is 11.5. The number of carbonyl (C=O) groups excluding carboxylic acids is 1. The first-order valence-corrected chi connectivity index (χ1v) is 5.62. The molecule has 0 aromatic rings. The fourth-order valence-electron chi connectivity index (χ4n) is 1.62. The van der Waals surface area contributed by atoms with Gasteiger partial charge in [-0.05, 0) is 12.8 Å². The number of esters is 1. The van der Waals surface area contributed by atoms with E-state index < -0.39 is 22.5 Å². The lowest BCUT2D eigenvalue weighted by molar-refractivity contribution is -0.156. The largest absolute Gasteiger partial charge is 0.469 e. The van der Waals surface area contributed by atoms with Gasteiger partial charge in [-0.15, -0.1) is 0 Å². The Balaban J connectivity index is 2.76. The normalized spacial score (nSPS) is 22.7. The van der Waals surface area contributed by atoms with Crippen molar-refractivity contribution in [3.8, 4) is 0 Å². The van der Waals surface area contributed by atoms with Gasteiger partial charge in [0.05, 0.1) is 18.3 Å². The van der Waals surface area contributed by atoms with Crippen LogP contribution in [0, 0.1) is 5.41 Å². The molecule has 82 valence electrons. The Kier molecular flexibility index (Phi) is 4.03. The Bertz CT molecular complexity index is 234. The molecule has 5 nitrogen and oxygen atoms in total. The highest BCUT2D eigenvalue weighted by Gasteiger charge is 2.42. The molecule has 1 aliphatic heterocycles. The van der Waals surface area contributed by atoms with Gasteiger partial charge in [0.25, 0.3) is 0 Å². The number of ether oxygens (including phenoxy) is 2. The van der Waals surface area contributed by atoms with E-state index in [2.05, 4.69) is 4.74 Å². The zero-order valence-corrected chi connectivity index (χ0v) is 8.84. The van der Waals surface area contributed by atoms with E-state index in [0.717, 1.165) is 0 Å². The van der Waals surface area contributed by atoms with E-state index in [9.17, 15) is 9.00 Å². The van der Waals surface area contributed by atoms with E-state index in [1.54, 1.807) is 0 Å². The fraction of sp³-hybridized carbons (Fsp3) is 0.875. The van der Waals surface area contributed by atoms with Gasteiger partial charge in [-0.2, -0.15) is 0 Å². The van der Waals surface area contributed by atoms with Gasteiger partial charge in [0.1, 0.15) is 0 Å². The van der Waals surface area contributed by atoms with Gasteiger partial charge < -0.3 is 14.0 Å². The molecular weight excluding hydrogens is 208 g/mol. The second kappa shape index (κ2) is 4.86. The number of rotatable bonds is 3. The Morgan fingerprint density at radius 2 is 2.14 bits per heavy atom. The lowest BCUT2D eigenvalue weighted by Gasteiger charge is -2.32. The SMILES string of the molecule is COC(=O)C1(CS(=O)O)CCOCC1. The predicted molar refractivity (Wildman–Crippen MR) is 50.1 cm³/mol. The molecule has 1 heterocycles. The monoisotopic (exact) mass is 222 g/mol. The Labute approximate surface area is 85.1 Å². The number of hydrogen-bond donors (Lipinski definition) is 1. The van der Waals surface area contributed by atoms with Crippen LogP contribution in [0.5, 0.6) is 0 Å². The van der Waals surface area contributed by atoms with Crippen LogP contribution in [0.3, 0.4) is 0 Å². The van der Waals surface area contributed by atoms with Gasteiger partial charge in [-0.3, -0.25) is 4.79 Å². The molecule has 6 heteroatoms. The first-order valence-electron chi connectivity index (χ1n) is 4.34. The predicted octanol–water partition coefficient (Wildman–Crippen LogP) is 0.178. The lowest BCUT2D eigenvalue weighted by Crippen LogP contribution is -2.42. The zero-order valence-electron chi connectivity index (χ0n) is 8.02. The minimum Gasteiger partial charge on any atom is -0.469 e. The van der Waals surface area contributed by atoms with E-state index in [1.807, 2.05) is 0 Å². The molecule has 0 amide bonds. The van der Waals surface area contributed by atoms with Gasteiger partial charge in [0.2, 0.25) is 0 Å². The Hall–Kier alpha value is -0.460. The summed E-state index contributed by atoms with van der Waals surface area (Å²) >= 11 is -1.98. The van der Waals surface area contributed by atoms with Crippen molar-refractivity contribution in [3.63, 3.8) is 0 Å². The van der Waals surface area contributed by atoms with Crippen LogP contribution in [-0.2, 0) is 25.3 Å². The summed E-state index contributed by atoms with van der Waals surface area (Å²) in [7, 11) is 1.29. The molecule has 1 unspecified atom stereocenters. The molecule has 14 heavy (non-hydrogen) atoms. The molecular formula is C8H14O5S. The molecule has 1 saturated heterocycles. The van der Waals surface area contributed by atoms with E-state index >= 15 is 0 Å². The molecule has 1 fully saturated rings. The highest BCUT2D eigenvalue weighted by atomic mass is 32.2. The standard InChI is InChI=1S/C8H14O5S/c1-12-7(9)8(6-14(10)11)2-4-13-5-3-8/h2-6H2,1H3,(H,10,11). The summed E-state index contributed by atoms with van der Waals surface area (Å²) in [5.41, 5.74) is -0.827. The van der Waals surface area contributed by atoms with Crippen LogP contribution in [0.25, 0.3) is 0 Å². The molecule has 0 spiro atoms. The van der Waals surface area contributed by atoms with Crippen molar-refractivity contribution in [1.29, 1.82) is 0 Å². The average Bonchev–Trinajstić information content (AvgIpc) is 2.17. The molecule has 1 atom stereocenters. The highest BCUT2D eigenvalue weighted by molar-refractivity contribution is 7.79. The van der Waals surface area contributed by atoms with Crippen LogP contribution in [0.1, 0.15) is 12.8 Å².